The Hall–Kier alpha value is -2.87. The van der Waals surface area contributed by atoms with E-state index in [2.05, 4.69) is 18.4 Å². The first-order valence-corrected chi connectivity index (χ1v) is 14.4. The fraction of sp³-hybridized carbons (Fsp3) is 0.500. The molecule has 4 atom stereocenters. The lowest BCUT2D eigenvalue weighted by molar-refractivity contribution is -0.950. The standard InChI is InChI=1S/C32H36N2O5.ClH/c1-34(19-21-2-3-21)14-12-31-18-24(35)8-11-32(31,38)27(34)17-23-5-6-25(29(36)28(23)31)30(37)33-13-9-20-4-7-26-22(16-20)10-15-39-26;/h4-7,10,15-16,21,27,38H,2-3,8-9,11-14,17-19H2,1H3,(H-,33,36,37);1H/t27?,31?,32-,34+;/m1./s1. The number of quaternary nitrogens is 1. The first-order valence-electron chi connectivity index (χ1n) is 14.4. The Balaban J connectivity index is 0.00000289. The van der Waals surface area contributed by atoms with Crippen molar-refractivity contribution in [2.45, 2.75) is 68.4 Å². The number of halogens is 1. The van der Waals surface area contributed by atoms with Gasteiger partial charge in [-0.2, -0.15) is 0 Å². The number of aliphatic hydroxyl groups is 1. The molecule has 1 aliphatic heterocycles. The molecule has 40 heavy (non-hydrogen) atoms. The molecule has 2 unspecified atom stereocenters. The van der Waals surface area contributed by atoms with Crippen molar-refractivity contribution in [3.63, 3.8) is 0 Å². The van der Waals surface area contributed by atoms with E-state index in [0.29, 0.717) is 44.2 Å². The number of likely N-dealkylation sites (tertiary alicyclic amines) is 1. The molecule has 2 aromatic carbocycles. The topological polar surface area (TPSA) is 99.8 Å². The largest absolute Gasteiger partial charge is 1.00 e. The number of ketones is 1. The number of amides is 1. The van der Waals surface area contributed by atoms with Crippen LogP contribution in [0.5, 0.6) is 5.75 Å². The number of aromatic hydroxyl groups is 1. The number of Topliss-reactive ketones (excluding diaryl/α,β-unsaturated/α-hetero) is 1. The minimum atomic E-state index is -1.08. The highest BCUT2D eigenvalue weighted by molar-refractivity contribution is 5.98. The van der Waals surface area contributed by atoms with E-state index < -0.39 is 11.0 Å². The van der Waals surface area contributed by atoms with Crippen LogP contribution in [-0.2, 0) is 23.1 Å². The zero-order valence-corrected chi connectivity index (χ0v) is 23.7. The second-order valence-corrected chi connectivity index (χ2v) is 12.8. The van der Waals surface area contributed by atoms with Crippen molar-refractivity contribution >= 4 is 22.7 Å². The molecule has 7 nitrogen and oxygen atoms in total. The lowest BCUT2D eigenvalue weighted by atomic mass is 9.48. The summed E-state index contributed by atoms with van der Waals surface area (Å²) in [7, 11) is 2.28. The van der Waals surface area contributed by atoms with Gasteiger partial charge >= 0.3 is 0 Å². The van der Waals surface area contributed by atoms with E-state index in [-0.39, 0.29) is 47.9 Å². The van der Waals surface area contributed by atoms with Crippen LogP contribution in [0.25, 0.3) is 11.0 Å². The maximum atomic E-state index is 13.3. The van der Waals surface area contributed by atoms with Gasteiger partial charge in [-0.25, -0.2) is 0 Å². The molecular formula is C32H37ClN2O5. The smallest absolute Gasteiger partial charge is 0.255 e. The van der Waals surface area contributed by atoms with Crippen molar-refractivity contribution in [3.8, 4) is 5.75 Å². The maximum Gasteiger partial charge on any atom is 0.255 e. The van der Waals surface area contributed by atoms with Gasteiger partial charge in [0.05, 0.1) is 32.0 Å². The van der Waals surface area contributed by atoms with Crippen LogP contribution in [-0.4, -0.2) is 64.7 Å². The number of hydrogen-bond acceptors (Lipinski definition) is 5. The highest BCUT2D eigenvalue weighted by Gasteiger charge is 2.70. The predicted molar refractivity (Wildman–Crippen MR) is 147 cm³/mol. The maximum absolute atomic E-state index is 13.3. The van der Waals surface area contributed by atoms with Crippen LogP contribution in [0.15, 0.2) is 47.1 Å². The van der Waals surface area contributed by atoms with Crippen molar-refractivity contribution in [1.29, 1.82) is 0 Å². The molecule has 1 saturated heterocycles. The molecule has 0 radical (unpaired) electrons. The van der Waals surface area contributed by atoms with Crippen LogP contribution < -0.4 is 17.7 Å². The number of rotatable bonds is 6. The van der Waals surface area contributed by atoms with E-state index in [4.69, 9.17) is 4.42 Å². The number of hydrogen-bond donors (Lipinski definition) is 3. The summed E-state index contributed by atoms with van der Waals surface area (Å²) >= 11 is 0. The monoisotopic (exact) mass is 564 g/mol. The van der Waals surface area contributed by atoms with Gasteiger partial charge in [0.1, 0.15) is 28.8 Å². The van der Waals surface area contributed by atoms with Gasteiger partial charge < -0.3 is 36.8 Å². The van der Waals surface area contributed by atoms with Gasteiger partial charge in [0.2, 0.25) is 0 Å². The Morgan fingerprint density at radius 3 is 2.80 bits per heavy atom. The highest BCUT2D eigenvalue weighted by Crippen LogP contribution is 2.61. The van der Waals surface area contributed by atoms with Crippen molar-refractivity contribution in [1.82, 2.24) is 5.32 Å². The van der Waals surface area contributed by atoms with Crippen LogP contribution in [0.1, 0.15) is 65.6 Å². The van der Waals surface area contributed by atoms with Crippen LogP contribution in [0.3, 0.4) is 0 Å². The lowest BCUT2D eigenvalue weighted by Gasteiger charge is -2.65. The molecule has 2 heterocycles. The lowest BCUT2D eigenvalue weighted by Crippen LogP contribution is -3.00. The molecule has 2 bridgehead atoms. The third-order valence-electron chi connectivity index (χ3n) is 10.5. The Morgan fingerprint density at radius 1 is 1.18 bits per heavy atom. The molecular weight excluding hydrogens is 528 g/mol. The molecule has 2 saturated carbocycles. The number of phenolic OH excluding ortho intramolecular Hbond substituents is 1. The van der Waals surface area contributed by atoms with E-state index in [9.17, 15) is 19.8 Å². The van der Waals surface area contributed by atoms with Crippen molar-refractivity contribution < 1.29 is 41.1 Å². The number of furan rings is 1. The van der Waals surface area contributed by atoms with Crippen molar-refractivity contribution in [3.05, 3.63) is 64.9 Å². The molecule has 7 rings (SSSR count). The van der Waals surface area contributed by atoms with E-state index in [1.807, 2.05) is 24.3 Å². The van der Waals surface area contributed by atoms with Gasteiger partial charge in [0.25, 0.3) is 5.91 Å². The second-order valence-electron chi connectivity index (χ2n) is 12.8. The second kappa shape index (κ2) is 9.61. The van der Waals surface area contributed by atoms with Crippen LogP contribution in [0.2, 0.25) is 0 Å². The van der Waals surface area contributed by atoms with Crippen LogP contribution >= 0.6 is 0 Å². The molecule has 3 aliphatic carbocycles. The fourth-order valence-electron chi connectivity index (χ4n) is 8.30. The number of piperidine rings is 1. The number of phenols is 1. The van der Waals surface area contributed by atoms with E-state index in [0.717, 1.165) is 45.6 Å². The summed E-state index contributed by atoms with van der Waals surface area (Å²) in [5, 5.41) is 28.1. The zero-order chi connectivity index (χ0) is 27.0. The van der Waals surface area contributed by atoms with Gasteiger partial charge in [0.15, 0.2) is 0 Å². The summed E-state index contributed by atoms with van der Waals surface area (Å²) in [6.07, 6.45) is 7.14. The SMILES string of the molecule is C[N@@+]1(CC2CC2)CCC23CC(=O)CC[C@@]2(O)C1Cc1ccc(C(=O)NCCc2ccc4occc4c2)c(O)c13.[Cl-]. The van der Waals surface area contributed by atoms with E-state index in [1.165, 1.54) is 12.8 Å². The molecule has 8 heteroatoms. The minimum Gasteiger partial charge on any atom is -1.00 e. The number of carbonyl (C=O) groups excluding carboxylic acids is 2. The van der Waals surface area contributed by atoms with Crippen molar-refractivity contribution in [2.75, 3.05) is 26.7 Å². The average molecular weight is 565 g/mol. The highest BCUT2D eigenvalue weighted by atomic mass is 35.5. The van der Waals surface area contributed by atoms with E-state index >= 15 is 0 Å². The molecule has 3 aromatic rings. The third-order valence-corrected chi connectivity index (χ3v) is 10.5. The molecule has 212 valence electrons. The number of nitrogens with one attached hydrogen (secondary N) is 1. The molecule has 0 spiro atoms. The molecule has 1 amide bonds. The third kappa shape index (κ3) is 4.08. The summed E-state index contributed by atoms with van der Waals surface area (Å²) in [6, 6.07) is 11.5. The molecule has 3 fully saturated rings. The fourth-order valence-corrected chi connectivity index (χ4v) is 8.30. The number of likely N-dealkylation sites (N-methyl/N-ethyl adjacent to an activating group) is 1. The van der Waals surface area contributed by atoms with Gasteiger partial charge in [-0.1, -0.05) is 12.1 Å². The summed E-state index contributed by atoms with van der Waals surface area (Å²) in [4.78, 5) is 26.2. The van der Waals surface area contributed by atoms with Gasteiger partial charge in [-0.3, -0.25) is 9.59 Å². The number of carbonyl (C=O) groups is 2. The summed E-state index contributed by atoms with van der Waals surface area (Å²) < 4.78 is 6.23. The quantitative estimate of drug-likeness (QED) is 0.388. The minimum absolute atomic E-state index is 0. The molecule has 4 aliphatic rings. The summed E-state index contributed by atoms with van der Waals surface area (Å²) in [5.41, 5.74) is 1.83. The number of fused-ring (bicyclic) bond motifs is 2. The molecule has 1 aromatic heterocycles. The first-order chi connectivity index (χ1) is 18.7. The Bertz CT molecular complexity index is 1500. The number of nitrogens with zero attached hydrogens (tertiary/aromatic N) is 1. The zero-order valence-electron chi connectivity index (χ0n) is 22.9. The molecule has 3 N–H and O–H groups in total. The summed E-state index contributed by atoms with van der Waals surface area (Å²) in [5.74, 6) is 0.455. The normalized spacial score (nSPS) is 30.8. The van der Waals surface area contributed by atoms with Crippen molar-refractivity contribution in [2.24, 2.45) is 5.92 Å². The Labute approximate surface area is 240 Å². The average Bonchev–Trinajstić information content (AvgIpc) is 3.59. The van der Waals surface area contributed by atoms with Crippen LogP contribution in [0, 0.1) is 5.92 Å². The number of benzene rings is 2. The summed E-state index contributed by atoms with van der Waals surface area (Å²) in [6.45, 7) is 2.35. The van der Waals surface area contributed by atoms with Gasteiger partial charge in [-0.05, 0) is 61.1 Å². The van der Waals surface area contributed by atoms with Gasteiger partial charge in [0, 0.05) is 54.5 Å². The Morgan fingerprint density at radius 2 is 2.00 bits per heavy atom. The first kappa shape index (κ1) is 27.3. The predicted octanol–water partition coefficient (Wildman–Crippen LogP) is 1.02. The Kier molecular flexibility index (Phi) is 6.56. The van der Waals surface area contributed by atoms with E-state index in [1.54, 1.807) is 12.3 Å². The van der Waals surface area contributed by atoms with Crippen LogP contribution in [0.4, 0.5) is 0 Å². The van der Waals surface area contributed by atoms with Gasteiger partial charge in [-0.15, -0.1) is 0 Å².